The van der Waals surface area contributed by atoms with E-state index in [1.165, 1.54) is 83.5 Å². The molecule has 0 saturated heterocycles. The molecule has 75 heavy (non-hydrogen) atoms. The predicted octanol–water partition coefficient (Wildman–Crippen LogP) is 21.0. The lowest BCUT2D eigenvalue weighted by molar-refractivity contribution is -0.167. The van der Waals surface area contributed by atoms with Crippen molar-refractivity contribution in [2.75, 3.05) is 13.2 Å². The van der Waals surface area contributed by atoms with E-state index in [0.29, 0.717) is 19.3 Å². The van der Waals surface area contributed by atoms with E-state index >= 15 is 0 Å². The number of hydrogen-bond acceptors (Lipinski definition) is 6. The monoisotopic (exact) mass is 1040 g/mol. The van der Waals surface area contributed by atoms with Crippen LogP contribution in [0, 0.1) is 0 Å². The Morgan fingerprint density at radius 1 is 0.280 bits per heavy atom. The van der Waals surface area contributed by atoms with Crippen molar-refractivity contribution >= 4 is 17.9 Å². The molecule has 6 nitrogen and oxygen atoms in total. The van der Waals surface area contributed by atoms with E-state index in [9.17, 15) is 14.4 Å². The fourth-order valence-electron chi connectivity index (χ4n) is 8.05. The molecule has 0 radical (unpaired) electrons. The largest absolute Gasteiger partial charge is 0.462 e. The van der Waals surface area contributed by atoms with Gasteiger partial charge in [0.15, 0.2) is 6.10 Å². The van der Waals surface area contributed by atoms with Gasteiger partial charge in [0.25, 0.3) is 0 Å². The molecule has 0 bridgehead atoms. The number of esters is 3. The molecule has 0 amide bonds. The molecule has 0 N–H and O–H groups in total. The highest BCUT2D eigenvalue weighted by Crippen LogP contribution is 2.14. The molecule has 1 unspecified atom stereocenters. The summed E-state index contributed by atoms with van der Waals surface area (Å²) in [6.07, 6.45) is 87.8. The molecule has 0 aliphatic heterocycles. The second kappa shape index (κ2) is 62.1. The molecule has 0 aliphatic rings. The molecule has 0 aromatic heterocycles. The first-order valence-electron chi connectivity index (χ1n) is 30.7. The van der Waals surface area contributed by atoms with Gasteiger partial charge in [-0.2, -0.15) is 0 Å². The van der Waals surface area contributed by atoms with E-state index in [2.05, 4.69) is 154 Å². The normalized spacial score (nSPS) is 13.1. The molecule has 0 fully saturated rings. The maximum absolute atomic E-state index is 12.8. The van der Waals surface area contributed by atoms with E-state index in [1.54, 1.807) is 0 Å². The van der Waals surface area contributed by atoms with Crippen LogP contribution in [0.25, 0.3) is 0 Å². The average molecular weight is 1040 g/mol. The van der Waals surface area contributed by atoms with Crippen LogP contribution in [0.4, 0.5) is 0 Å². The van der Waals surface area contributed by atoms with Gasteiger partial charge in [0, 0.05) is 19.3 Å². The lowest BCUT2D eigenvalue weighted by Gasteiger charge is -2.18. The van der Waals surface area contributed by atoms with Crippen molar-refractivity contribution in [3.63, 3.8) is 0 Å². The third kappa shape index (κ3) is 60.3. The fraction of sp³-hybridized carbons (Fsp3) is 0.638. The lowest BCUT2D eigenvalue weighted by atomic mass is 10.1. The molecule has 1 atom stereocenters. The topological polar surface area (TPSA) is 78.9 Å². The van der Waals surface area contributed by atoms with Crippen LogP contribution in [0.5, 0.6) is 0 Å². The molecule has 6 heteroatoms. The third-order valence-electron chi connectivity index (χ3n) is 12.6. The van der Waals surface area contributed by atoms with Gasteiger partial charge in [-0.25, -0.2) is 0 Å². The highest BCUT2D eigenvalue weighted by molar-refractivity contribution is 5.71. The SMILES string of the molecule is CC/C=C\C/C=C\C/C=C\C/C=C\C/C=C\C/C=C\C/C=C\C/C=C\C/C=C\CCCCCCCCCC(=O)OCC(COC(=O)CCCCCCC)OC(=O)CCCCCCCCC/C=C\C/C=C\CCCCC. The minimum atomic E-state index is -0.786. The lowest BCUT2D eigenvalue weighted by Crippen LogP contribution is -2.30. The van der Waals surface area contributed by atoms with Gasteiger partial charge in [-0.3, -0.25) is 14.4 Å². The summed E-state index contributed by atoms with van der Waals surface area (Å²) in [7, 11) is 0. The molecular formula is C69H112O6. The smallest absolute Gasteiger partial charge is 0.306 e. The molecule has 0 spiro atoms. The molecule has 0 rings (SSSR count). The molecule has 0 heterocycles. The van der Waals surface area contributed by atoms with Crippen molar-refractivity contribution < 1.29 is 28.6 Å². The fourth-order valence-corrected chi connectivity index (χ4v) is 8.05. The van der Waals surface area contributed by atoms with Gasteiger partial charge in [0.2, 0.25) is 0 Å². The number of allylic oxidation sites excluding steroid dienone is 22. The van der Waals surface area contributed by atoms with Crippen LogP contribution in [0.1, 0.15) is 265 Å². The van der Waals surface area contributed by atoms with Gasteiger partial charge in [-0.1, -0.05) is 257 Å². The average Bonchev–Trinajstić information content (AvgIpc) is 3.41. The Morgan fingerprint density at radius 2 is 0.520 bits per heavy atom. The quantitative estimate of drug-likeness (QED) is 0.0261. The maximum atomic E-state index is 12.8. The molecule has 424 valence electrons. The van der Waals surface area contributed by atoms with Crippen LogP contribution in [0.3, 0.4) is 0 Å². The third-order valence-corrected chi connectivity index (χ3v) is 12.6. The second-order valence-corrected chi connectivity index (χ2v) is 19.9. The standard InChI is InChI=1S/C69H112O6/c1-4-7-10-13-15-17-19-21-23-25-26-27-28-29-30-31-32-33-34-35-36-37-38-39-40-41-42-44-45-47-49-51-53-56-59-62-68(71)74-65-66(64-73-67(70)61-58-55-12-9-6-3)75-69(72)63-60-57-54-52-50-48-46-43-24-22-20-18-16-14-11-8-5-2/h7,10,15-18,21-24,26-27,29-30,32-33,35-36,38-39,41-42,66H,4-6,8-9,11-14,19-20,25,28,31,34,37,40,43-65H2,1-3H3/b10-7-,17-15-,18-16-,23-21-,24-22-,27-26-,30-29-,33-32-,36-35-,39-38-,42-41-. The first kappa shape index (κ1) is 70.5. The zero-order valence-corrected chi connectivity index (χ0v) is 48.5. The summed E-state index contributed by atoms with van der Waals surface area (Å²) < 4.78 is 16.7. The Labute approximate surface area is 462 Å². The summed E-state index contributed by atoms with van der Waals surface area (Å²) in [6, 6.07) is 0. The highest BCUT2D eigenvalue weighted by atomic mass is 16.6. The van der Waals surface area contributed by atoms with Crippen LogP contribution in [-0.2, 0) is 28.6 Å². The van der Waals surface area contributed by atoms with Crippen molar-refractivity contribution in [1.82, 2.24) is 0 Å². The van der Waals surface area contributed by atoms with Crippen LogP contribution < -0.4 is 0 Å². The number of carbonyl (C=O) groups excluding carboxylic acids is 3. The van der Waals surface area contributed by atoms with Crippen molar-refractivity contribution in [3.05, 3.63) is 134 Å². The Hall–Kier alpha value is -4.45. The molecule has 0 aromatic carbocycles. The zero-order chi connectivity index (χ0) is 54.3. The van der Waals surface area contributed by atoms with Crippen molar-refractivity contribution in [2.24, 2.45) is 0 Å². The Kier molecular flexibility index (Phi) is 58.4. The number of hydrogen-bond donors (Lipinski definition) is 0. The van der Waals surface area contributed by atoms with Crippen molar-refractivity contribution in [1.29, 1.82) is 0 Å². The Bertz CT molecular complexity index is 1620. The van der Waals surface area contributed by atoms with Crippen LogP contribution in [0.2, 0.25) is 0 Å². The molecule has 0 saturated carbocycles. The number of carbonyl (C=O) groups is 3. The van der Waals surface area contributed by atoms with E-state index in [0.717, 1.165) is 141 Å². The molecular weight excluding hydrogens is 925 g/mol. The minimum Gasteiger partial charge on any atom is -0.462 e. The number of rotatable bonds is 54. The van der Waals surface area contributed by atoms with Crippen LogP contribution in [0.15, 0.2) is 134 Å². The zero-order valence-electron chi connectivity index (χ0n) is 48.5. The summed E-state index contributed by atoms with van der Waals surface area (Å²) in [6.45, 7) is 6.39. The van der Waals surface area contributed by atoms with E-state index < -0.39 is 6.10 Å². The first-order chi connectivity index (χ1) is 37.0. The Balaban J connectivity index is 4.09. The minimum absolute atomic E-state index is 0.0876. The highest BCUT2D eigenvalue weighted by Gasteiger charge is 2.19. The van der Waals surface area contributed by atoms with Gasteiger partial charge in [-0.15, -0.1) is 0 Å². The van der Waals surface area contributed by atoms with E-state index in [4.69, 9.17) is 14.2 Å². The first-order valence-corrected chi connectivity index (χ1v) is 30.7. The van der Waals surface area contributed by atoms with Gasteiger partial charge in [0.05, 0.1) is 0 Å². The summed E-state index contributed by atoms with van der Waals surface area (Å²) >= 11 is 0. The molecule has 0 aliphatic carbocycles. The summed E-state index contributed by atoms with van der Waals surface area (Å²) in [5.74, 6) is -0.923. The Morgan fingerprint density at radius 3 is 0.840 bits per heavy atom. The summed E-state index contributed by atoms with van der Waals surface area (Å²) in [5, 5.41) is 0. The molecule has 0 aromatic rings. The van der Waals surface area contributed by atoms with Crippen LogP contribution in [-0.4, -0.2) is 37.2 Å². The maximum Gasteiger partial charge on any atom is 0.306 e. The van der Waals surface area contributed by atoms with E-state index in [-0.39, 0.29) is 31.1 Å². The van der Waals surface area contributed by atoms with Crippen molar-refractivity contribution in [3.8, 4) is 0 Å². The van der Waals surface area contributed by atoms with Crippen molar-refractivity contribution in [2.45, 2.75) is 271 Å². The van der Waals surface area contributed by atoms with Gasteiger partial charge in [0.1, 0.15) is 13.2 Å². The van der Waals surface area contributed by atoms with E-state index in [1.807, 2.05) is 0 Å². The predicted molar refractivity (Wildman–Crippen MR) is 325 cm³/mol. The van der Waals surface area contributed by atoms with Crippen LogP contribution >= 0.6 is 0 Å². The number of unbranched alkanes of at least 4 members (excludes halogenated alkanes) is 21. The summed E-state index contributed by atoms with van der Waals surface area (Å²) in [4.78, 5) is 37.8. The second-order valence-electron chi connectivity index (χ2n) is 19.9. The van der Waals surface area contributed by atoms with Gasteiger partial charge in [-0.05, 0) is 122 Å². The van der Waals surface area contributed by atoms with Gasteiger partial charge < -0.3 is 14.2 Å². The summed E-state index contributed by atoms with van der Waals surface area (Å²) in [5.41, 5.74) is 0. The number of ether oxygens (including phenoxy) is 3. The van der Waals surface area contributed by atoms with Gasteiger partial charge >= 0.3 is 17.9 Å².